The number of benzene rings is 4. The second kappa shape index (κ2) is 8.41. The number of carbonyl (C=O) groups is 1. The monoisotopic (exact) mass is 450 g/mol. The molecule has 0 bridgehead atoms. The largest absolute Gasteiger partial charge is 0.322 e. The Morgan fingerprint density at radius 1 is 0.806 bits per heavy atom. The Bertz CT molecular complexity index is 1380. The predicted octanol–water partition coefficient (Wildman–Crippen LogP) is 5.85. The molecule has 0 atom stereocenters. The first-order valence-electron chi connectivity index (χ1n) is 9.51. The highest BCUT2D eigenvalue weighted by molar-refractivity contribution is 7.92. The standard InChI is InChI=1S/C24H19ClN2O3S/c1-16-6-10-20(11-7-16)27-31(29,30)23-15-19(9-13-22(23)25)24(28)26-21-12-8-17-4-2-3-5-18(17)14-21/h2-15,27H,1H3,(H,26,28). The number of rotatable bonds is 5. The summed E-state index contributed by atoms with van der Waals surface area (Å²) in [6.07, 6.45) is 0. The van der Waals surface area contributed by atoms with Gasteiger partial charge in [-0.15, -0.1) is 0 Å². The van der Waals surface area contributed by atoms with E-state index in [0.717, 1.165) is 16.3 Å². The van der Waals surface area contributed by atoms with Gasteiger partial charge in [0.15, 0.2) is 0 Å². The van der Waals surface area contributed by atoms with Crippen LogP contribution < -0.4 is 10.0 Å². The number of hydrogen-bond acceptors (Lipinski definition) is 3. The first-order chi connectivity index (χ1) is 14.8. The zero-order valence-corrected chi connectivity index (χ0v) is 18.2. The van der Waals surface area contributed by atoms with Crippen LogP contribution in [0, 0.1) is 6.92 Å². The van der Waals surface area contributed by atoms with Gasteiger partial charge >= 0.3 is 0 Å². The summed E-state index contributed by atoms with van der Waals surface area (Å²) in [7, 11) is -3.98. The molecule has 5 nitrogen and oxygen atoms in total. The molecule has 0 radical (unpaired) electrons. The summed E-state index contributed by atoms with van der Waals surface area (Å²) in [5.41, 5.74) is 2.21. The predicted molar refractivity (Wildman–Crippen MR) is 125 cm³/mol. The van der Waals surface area contributed by atoms with Crippen molar-refractivity contribution < 1.29 is 13.2 Å². The zero-order valence-electron chi connectivity index (χ0n) is 16.6. The van der Waals surface area contributed by atoms with Crippen molar-refractivity contribution in [3.8, 4) is 0 Å². The van der Waals surface area contributed by atoms with Crippen LogP contribution in [0.2, 0.25) is 5.02 Å². The molecule has 0 heterocycles. The lowest BCUT2D eigenvalue weighted by Crippen LogP contribution is -2.16. The summed E-state index contributed by atoms with van der Waals surface area (Å²) >= 11 is 6.15. The fourth-order valence-electron chi connectivity index (χ4n) is 3.15. The molecule has 31 heavy (non-hydrogen) atoms. The third-order valence-corrected chi connectivity index (χ3v) is 6.66. The maximum absolute atomic E-state index is 12.9. The highest BCUT2D eigenvalue weighted by atomic mass is 35.5. The van der Waals surface area contributed by atoms with Gasteiger partial charge in [0, 0.05) is 16.9 Å². The van der Waals surface area contributed by atoms with Crippen molar-refractivity contribution in [3.05, 3.63) is 101 Å². The number of amides is 1. The van der Waals surface area contributed by atoms with Crippen molar-refractivity contribution in [2.45, 2.75) is 11.8 Å². The number of sulfonamides is 1. The van der Waals surface area contributed by atoms with Gasteiger partial charge in [-0.25, -0.2) is 8.42 Å². The van der Waals surface area contributed by atoms with Crippen LogP contribution in [0.25, 0.3) is 10.8 Å². The Hall–Kier alpha value is -3.35. The molecule has 0 spiro atoms. The first-order valence-corrected chi connectivity index (χ1v) is 11.4. The number of anilines is 2. The van der Waals surface area contributed by atoms with E-state index in [2.05, 4.69) is 10.0 Å². The van der Waals surface area contributed by atoms with Gasteiger partial charge in [0.1, 0.15) is 4.90 Å². The third kappa shape index (κ3) is 4.71. The van der Waals surface area contributed by atoms with E-state index in [9.17, 15) is 13.2 Å². The van der Waals surface area contributed by atoms with Crippen molar-refractivity contribution >= 4 is 49.7 Å². The molecule has 2 N–H and O–H groups in total. The van der Waals surface area contributed by atoms with E-state index < -0.39 is 15.9 Å². The van der Waals surface area contributed by atoms with Gasteiger partial charge in [0.2, 0.25) is 0 Å². The SMILES string of the molecule is Cc1ccc(NS(=O)(=O)c2cc(C(=O)Nc3ccc4ccccc4c3)ccc2Cl)cc1. The Morgan fingerprint density at radius 3 is 2.23 bits per heavy atom. The van der Waals surface area contributed by atoms with Crippen LogP contribution in [0.15, 0.2) is 89.8 Å². The summed E-state index contributed by atoms with van der Waals surface area (Å²) in [5.74, 6) is -0.432. The van der Waals surface area contributed by atoms with Crippen LogP contribution in [0.1, 0.15) is 15.9 Å². The van der Waals surface area contributed by atoms with Crippen LogP contribution >= 0.6 is 11.6 Å². The topological polar surface area (TPSA) is 75.3 Å². The van der Waals surface area contributed by atoms with Crippen LogP contribution in [-0.2, 0) is 10.0 Å². The summed E-state index contributed by atoms with van der Waals surface area (Å²) < 4.78 is 28.2. The van der Waals surface area contributed by atoms with Gasteiger partial charge in [-0.3, -0.25) is 9.52 Å². The Balaban J connectivity index is 1.60. The highest BCUT2D eigenvalue weighted by Gasteiger charge is 2.20. The molecule has 0 saturated heterocycles. The molecule has 0 saturated carbocycles. The maximum atomic E-state index is 12.9. The number of nitrogens with one attached hydrogen (secondary N) is 2. The van der Waals surface area contributed by atoms with Crippen molar-refractivity contribution in [3.63, 3.8) is 0 Å². The van der Waals surface area contributed by atoms with E-state index in [4.69, 9.17) is 11.6 Å². The first kappa shape index (κ1) is 20.9. The molecular weight excluding hydrogens is 432 g/mol. The normalized spacial score (nSPS) is 11.3. The quantitative estimate of drug-likeness (QED) is 0.400. The van der Waals surface area contributed by atoms with Crippen molar-refractivity contribution in [2.24, 2.45) is 0 Å². The van der Waals surface area contributed by atoms with E-state index >= 15 is 0 Å². The lowest BCUT2D eigenvalue weighted by Gasteiger charge is -2.12. The Morgan fingerprint density at radius 2 is 1.48 bits per heavy atom. The molecule has 0 aliphatic rings. The van der Waals surface area contributed by atoms with Gasteiger partial charge in [0.05, 0.1) is 5.02 Å². The molecular formula is C24H19ClN2O3S. The number of hydrogen-bond donors (Lipinski definition) is 2. The van der Waals surface area contributed by atoms with Crippen molar-refractivity contribution in [1.82, 2.24) is 0 Å². The fourth-order valence-corrected chi connectivity index (χ4v) is 4.74. The molecule has 156 valence electrons. The molecule has 0 aliphatic heterocycles. The molecule has 0 unspecified atom stereocenters. The van der Waals surface area contributed by atoms with Crippen LogP contribution in [-0.4, -0.2) is 14.3 Å². The van der Waals surface area contributed by atoms with E-state index in [1.807, 2.05) is 43.3 Å². The summed E-state index contributed by atoms with van der Waals surface area (Å²) in [5, 5.41) is 4.88. The maximum Gasteiger partial charge on any atom is 0.263 e. The Kier molecular flexibility index (Phi) is 5.67. The summed E-state index contributed by atoms with van der Waals surface area (Å²) in [6.45, 7) is 1.91. The molecule has 4 aromatic carbocycles. The minimum atomic E-state index is -3.98. The smallest absolute Gasteiger partial charge is 0.263 e. The second-order valence-electron chi connectivity index (χ2n) is 7.13. The molecule has 4 rings (SSSR count). The van der Waals surface area contributed by atoms with Crippen molar-refractivity contribution in [2.75, 3.05) is 10.0 Å². The zero-order chi connectivity index (χ0) is 22.0. The van der Waals surface area contributed by atoms with Gasteiger partial charge in [-0.1, -0.05) is 59.6 Å². The molecule has 7 heteroatoms. The lowest BCUT2D eigenvalue weighted by atomic mass is 10.1. The molecule has 0 aliphatic carbocycles. The molecule has 4 aromatic rings. The van der Waals surface area contributed by atoms with Crippen molar-refractivity contribution in [1.29, 1.82) is 0 Å². The van der Waals surface area contributed by atoms with E-state index in [-0.39, 0.29) is 15.5 Å². The highest BCUT2D eigenvalue weighted by Crippen LogP contribution is 2.26. The second-order valence-corrected chi connectivity index (χ2v) is 9.19. The minimum absolute atomic E-state index is 0.0295. The average Bonchev–Trinajstić information content (AvgIpc) is 2.75. The number of halogens is 1. The van der Waals surface area contributed by atoms with E-state index in [1.165, 1.54) is 18.2 Å². The third-order valence-electron chi connectivity index (χ3n) is 4.79. The Labute approximate surface area is 185 Å². The molecule has 0 fully saturated rings. The summed E-state index contributed by atoms with van der Waals surface area (Å²) in [6, 6.07) is 24.5. The van der Waals surface area contributed by atoms with Gasteiger partial charge in [-0.2, -0.15) is 0 Å². The van der Waals surface area contributed by atoms with Gasteiger partial charge < -0.3 is 5.32 Å². The number of fused-ring (bicyclic) bond motifs is 1. The minimum Gasteiger partial charge on any atom is -0.322 e. The van der Waals surface area contributed by atoms with Gasteiger partial charge in [0.25, 0.3) is 15.9 Å². The number of aryl methyl sites for hydroxylation is 1. The summed E-state index contributed by atoms with van der Waals surface area (Å²) in [4.78, 5) is 12.6. The average molecular weight is 451 g/mol. The molecule has 1 amide bonds. The fraction of sp³-hybridized carbons (Fsp3) is 0.0417. The lowest BCUT2D eigenvalue weighted by molar-refractivity contribution is 0.102. The molecule has 0 aromatic heterocycles. The van der Waals surface area contributed by atoms with E-state index in [0.29, 0.717) is 11.4 Å². The number of carbonyl (C=O) groups excluding carboxylic acids is 1. The van der Waals surface area contributed by atoms with Crippen LogP contribution in [0.4, 0.5) is 11.4 Å². The van der Waals surface area contributed by atoms with E-state index in [1.54, 1.807) is 30.3 Å². The van der Waals surface area contributed by atoms with Gasteiger partial charge in [-0.05, 0) is 60.2 Å². The van der Waals surface area contributed by atoms with Crippen LogP contribution in [0.5, 0.6) is 0 Å². The van der Waals surface area contributed by atoms with Crippen LogP contribution in [0.3, 0.4) is 0 Å².